The predicted octanol–water partition coefficient (Wildman–Crippen LogP) is 2.37. The van der Waals surface area contributed by atoms with Crippen LogP contribution in [0.5, 0.6) is 11.5 Å². The van der Waals surface area contributed by atoms with Crippen molar-refractivity contribution in [3.8, 4) is 22.8 Å². The van der Waals surface area contributed by atoms with Gasteiger partial charge in [-0.3, -0.25) is 4.79 Å². The molecule has 0 saturated heterocycles. The zero-order chi connectivity index (χ0) is 16.4. The van der Waals surface area contributed by atoms with Gasteiger partial charge in [-0.2, -0.15) is 5.10 Å². The molecule has 0 atom stereocenters. The molecule has 0 saturated carbocycles. The van der Waals surface area contributed by atoms with Crippen LogP contribution in [0.3, 0.4) is 0 Å². The Balaban J connectivity index is 2.01. The molecule has 7 heteroatoms. The lowest BCUT2D eigenvalue weighted by molar-refractivity contribution is -0.114. The Kier molecular flexibility index (Phi) is 3.84. The summed E-state index contributed by atoms with van der Waals surface area (Å²) in [5, 5.41) is 7.15. The van der Waals surface area contributed by atoms with Crippen molar-refractivity contribution in [1.82, 2.24) is 14.6 Å². The summed E-state index contributed by atoms with van der Waals surface area (Å²) in [6.07, 6.45) is 1.67. The summed E-state index contributed by atoms with van der Waals surface area (Å²) in [7, 11) is 3.19. The van der Waals surface area contributed by atoms with Crippen LogP contribution in [0.25, 0.3) is 16.9 Å². The third-order valence-electron chi connectivity index (χ3n) is 3.30. The molecule has 1 aromatic carbocycles. The minimum absolute atomic E-state index is 0.173. The fourth-order valence-electron chi connectivity index (χ4n) is 2.27. The average Bonchev–Trinajstić information content (AvgIpc) is 2.94. The van der Waals surface area contributed by atoms with Crippen molar-refractivity contribution in [2.45, 2.75) is 6.92 Å². The van der Waals surface area contributed by atoms with Crippen molar-refractivity contribution in [2.75, 3.05) is 19.5 Å². The number of imidazole rings is 1. The van der Waals surface area contributed by atoms with E-state index < -0.39 is 0 Å². The van der Waals surface area contributed by atoms with E-state index in [2.05, 4.69) is 15.4 Å². The summed E-state index contributed by atoms with van der Waals surface area (Å²) in [6, 6.07) is 9.29. The highest BCUT2D eigenvalue weighted by Gasteiger charge is 2.09. The number of carbonyl (C=O) groups is 1. The van der Waals surface area contributed by atoms with Gasteiger partial charge in [0.1, 0.15) is 0 Å². The zero-order valence-electron chi connectivity index (χ0n) is 13.0. The fourth-order valence-corrected chi connectivity index (χ4v) is 2.27. The summed E-state index contributed by atoms with van der Waals surface area (Å²) in [4.78, 5) is 15.4. The number of nitrogens with one attached hydrogen (secondary N) is 1. The van der Waals surface area contributed by atoms with Gasteiger partial charge in [0.05, 0.1) is 26.1 Å². The van der Waals surface area contributed by atoms with Crippen LogP contribution in [0.1, 0.15) is 6.92 Å². The summed E-state index contributed by atoms with van der Waals surface area (Å²) < 4.78 is 12.2. The summed E-state index contributed by atoms with van der Waals surface area (Å²) in [5.41, 5.74) is 2.29. The Labute approximate surface area is 132 Å². The SMILES string of the molecule is COc1ccc(-c2ccc3nc(NC(C)=O)cn3n2)cc1OC. The number of carbonyl (C=O) groups excluding carboxylic acids is 1. The largest absolute Gasteiger partial charge is 0.493 e. The van der Waals surface area contributed by atoms with Crippen molar-refractivity contribution < 1.29 is 14.3 Å². The molecule has 1 amide bonds. The van der Waals surface area contributed by atoms with Gasteiger partial charge in [-0.05, 0) is 30.3 Å². The van der Waals surface area contributed by atoms with Crippen LogP contribution >= 0.6 is 0 Å². The second-order valence-corrected chi connectivity index (χ2v) is 4.90. The molecule has 0 spiro atoms. The highest BCUT2D eigenvalue weighted by Crippen LogP contribution is 2.31. The Hall–Kier alpha value is -3.09. The van der Waals surface area contributed by atoms with Gasteiger partial charge in [-0.15, -0.1) is 0 Å². The molecule has 3 aromatic rings. The molecule has 0 aliphatic rings. The first-order valence-electron chi connectivity index (χ1n) is 6.97. The van der Waals surface area contributed by atoms with E-state index in [1.165, 1.54) is 6.92 Å². The van der Waals surface area contributed by atoms with Gasteiger partial charge in [0.15, 0.2) is 23.0 Å². The fraction of sp³-hybridized carbons (Fsp3) is 0.188. The van der Waals surface area contributed by atoms with Crippen molar-refractivity contribution in [3.05, 3.63) is 36.5 Å². The lowest BCUT2D eigenvalue weighted by Crippen LogP contribution is -2.05. The van der Waals surface area contributed by atoms with Crippen LogP contribution in [0.4, 0.5) is 5.82 Å². The van der Waals surface area contributed by atoms with Crippen molar-refractivity contribution >= 4 is 17.4 Å². The van der Waals surface area contributed by atoms with E-state index in [0.717, 1.165) is 11.3 Å². The number of ether oxygens (including phenoxy) is 2. The second-order valence-electron chi connectivity index (χ2n) is 4.90. The van der Waals surface area contributed by atoms with Gasteiger partial charge in [0.2, 0.25) is 5.91 Å². The Morgan fingerprint density at radius 2 is 1.91 bits per heavy atom. The third-order valence-corrected chi connectivity index (χ3v) is 3.30. The number of aromatic nitrogens is 3. The van der Waals surface area contributed by atoms with E-state index >= 15 is 0 Å². The number of nitrogens with zero attached hydrogens (tertiary/aromatic N) is 3. The number of benzene rings is 1. The minimum atomic E-state index is -0.173. The number of rotatable bonds is 4. The standard InChI is InChI=1S/C16H16N4O3/c1-10(21)17-15-9-20-16(18-15)7-5-12(19-20)11-4-6-13(22-2)14(8-11)23-3/h4-9H,1-3H3,(H,17,21). The Morgan fingerprint density at radius 1 is 1.13 bits per heavy atom. The van der Waals surface area contributed by atoms with Crippen molar-refractivity contribution in [3.63, 3.8) is 0 Å². The van der Waals surface area contributed by atoms with Crippen molar-refractivity contribution in [2.24, 2.45) is 0 Å². The number of methoxy groups -OCH3 is 2. The van der Waals surface area contributed by atoms with Crippen molar-refractivity contribution in [1.29, 1.82) is 0 Å². The minimum Gasteiger partial charge on any atom is -0.493 e. The molecule has 1 N–H and O–H groups in total. The summed E-state index contributed by atoms with van der Waals surface area (Å²) in [6.45, 7) is 1.44. The number of fused-ring (bicyclic) bond motifs is 1. The van der Waals surface area contributed by atoms with E-state index in [1.54, 1.807) is 24.9 Å². The third kappa shape index (κ3) is 2.94. The highest BCUT2D eigenvalue weighted by molar-refractivity contribution is 5.87. The molecule has 0 bridgehead atoms. The molecular weight excluding hydrogens is 296 g/mol. The first kappa shape index (κ1) is 14.8. The lowest BCUT2D eigenvalue weighted by Gasteiger charge is -2.09. The summed E-state index contributed by atoms with van der Waals surface area (Å²) >= 11 is 0. The maximum Gasteiger partial charge on any atom is 0.222 e. The molecular formula is C16H16N4O3. The molecule has 7 nitrogen and oxygen atoms in total. The monoisotopic (exact) mass is 312 g/mol. The molecule has 0 unspecified atom stereocenters. The molecule has 0 aliphatic heterocycles. The van der Waals surface area contributed by atoms with Gasteiger partial charge in [0.25, 0.3) is 0 Å². The van der Waals surface area contributed by atoms with E-state index in [4.69, 9.17) is 9.47 Å². The summed E-state index contributed by atoms with van der Waals surface area (Å²) in [5.74, 6) is 1.59. The van der Waals surface area contributed by atoms with E-state index in [9.17, 15) is 4.79 Å². The predicted molar refractivity (Wildman–Crippen MR) is 85.8 cm³/mol. The van der Waals surface area contributed by atoms with E-state index in [-0.39, 0.29) is 5.91 Å². The molecule has 118 valence electrons. The average molecular weight is 312 g/mol. The first-order valence-corrected chi connectivity index (χ1v) is 6.97. The number of hydrogen-bond acceptors (Lipinski definition) is 5. The smallest absolute Gasteiger partial charge is 0.222 e. The van der Waals surface area contributed by atoms with E-state index in [0.29, 0.717) is 23.0 Å². The number of hydrogen-bond donors (Lipinski definition) is 1. The second kappa shape index (κ2) is 5.96. The number of anilines is 1. The van der Waals surface area contributed by atoms with Crippen LogP contribution in [-0.4, -0.2) is 34.7 Å². The molecule has 2 heterocycles. The van der Waals surface area contributed by atoms with Gasteiger partial charge in [-0.1, -0.05) is 0 Å². The maximum absolute atomic E-state index is 11.1. The van der Waals surface area contributed by atoms with Crippen LogP contribution in [0.15, 0.2) is 36.5 Å². The molecule has 23 heavy (non-hydrogen) atoms. The highest BCUT2D eigenvalue weighted by atomic mass is 16.5. The van der Waals surface area contributed by atoms with Gasteiger partial charge >= 0.3 is 0 Å². The quantitative estimate of drug-likeness (QED) is 0.800. The van der Waals surface area contributed by atoms with Crippen LogP contribution in [0.2, 0.25) is 0 Å². The normalized spacial score (nSPS) is 10.6. The first-order chi connectivity index (χ1) is 11.1. The lowest BCUT2D eigenvalue weighted by atomic mass is 10.1. The molecule has 0 radical (unpaired) electrons. The van der Waals surface area contributed by atoms with E-state index in [1.807, 2.05) is 30.3 Å². The molecule has 0 aliphatic carbocycles. The molecule has 3 rings (SSSR count). The van der Waals surface area contributed by atoms with Gasteiger partial charge in [0, 0.05) is 12.5 Å². The maximum atomic E-state index is 11.1. The Morgan fingerprint density at radius 3 is 2.61 bits per heavy atom. The van der Waals surface area contributed by atoms with Gasteiger partial charge in [-0.25, -0.2) is 9.50 Å². The van der Waals surface area contributed by atoms with Crippen LogP contribution < -0.4 is 14.8 Å². The zero-order valence-corrected chi connectivity index (χ0v) is 13.0. The molecule has 0 fully saturated rings. The topological polar surface area (TPSA) is 77.8 Å². The Bertz CT molecular complexity index is 873. The van der Waals surface area contributed by atoms with Crippen LogP contribution in [0, 0.1) is 0 Å². The number of amides is 1. The van der Waals surface area contributed by atoms with Gasteiger partial charge < -0.3 is 14.8 Å². The molecule has 2 aromatic heterocycles. The van der Waals surface area contributed by atoms with Crippen LogP contribution in [-0.2, 0) is 4.79 Å².